The van der Waals surface area contributed by atoms with Crippen LogP contribution in [0.15, 0.2) is 21.9 Å². The molecule has 1 saturated heterocycles. The van der Waals surface area contributed by atoms with E-state index in [0.29, 0.717) is 4.57 Å². The SMILES string of the molecule is O=c1ccn([C@@H]2O[C@](F)(COP(=O)([O-])OP(=O)([O-])OP(=O)([O-])O)C(O)[C@@H]2O)c(=O)[nH]1.[Na+].[Na+].[Na+]. The molecule has 1 aromatic heterocycles. The number of halogens is 1. The van der Waals surface area contributed by atoms with Crippen LogP contribution in [0.4, 0.5) is 4.39 Å². The molecule has 4 unspecified atom stereocenters. The van der Waals surface area contributed by atoms with Crippen molar-refractivity contribution in [3.05, 3.63) is 33.1 Å². The monoisotopic (exact) mass is 568 g/mol. The Morgan fingerprint density at radius 3 is 2.15 bits per heavy atom. The van der Waals surface area contributed by atoms with Gasteiger partial charge in [0, 0.05) is 12.3 Å². The van der Waals surface area contributed by atoms with Crippen LogP contribution < -0.4 is 115 Å². The van der Waals surface area contributed by atoms with Gasteiger partial charge < -0.3 is 39.0 Å². The predicted molar refractivity (Wildman–Crippen MR) is 80.5 cm³/mol. The van der Waals surface area contributed by atoms with Crippen LogP contribution in [0.5, 0.6) is 0 Å². The van der Waals surface area contributed by atoms with Gasteiger partial charge in [-0.2, -0.15) is 0 Å². The van der Waals surface area contributed by atoms with Gasteiger partial charge in [-0.05, 0) is 0 Å². The van der Waals surface area contributed by atoms with Crippen molar-refractivity contribution in [1.82, 2.24) is 9.55 Å². The van der Waals surface area contributed by atoms with E-state index in [1.54, 1.807) is 4.98 Å². The van der Waals surface area contributed by atoms with Gasteiger partial charge in [-0.15, -0.1) is 0 Å². The third kappa shape index (κ3) is 10.7. The Morgan fingerprint density at radius 2 is 1.67 bits per heavy atom. The molecular formula is C9H11FN2Na3O15P3. The van der Waals surface area contributed by atoms with Gasteiger partial charge in [0.1, 0.15) is 18.8 Å². The first kappa shape index (κ1) is 37.1. The minimum atomic E-state index is -6.25. The number of hydrogen-bond acceptors (Lipinski definition) is 14. The first-order chi connectivity index (χ1) is 13.4. The van der Waals surface area contributed by atoms with Gasteiger partial charge in [-0.3, -0.25) is 28.0 Å². The number of rotatable bonds is 8. The summed E-state index contributed by atoms with van der Waals surface area (Å²) in [5, 5.41) is 19.6. The number of aliphatic hydroxyl groups excluding tert-OH is 2. The average molecular weight is 568 g/mol. The van der Waals surface area contributed by atoms with Crippen molar-refractivity contribution in [3.8, 4) is 0 Å². The van der Waals surface area contributed by atoms with Crippen LogP contribution in [0.1, 0.15) is 6.23 Å². The van der Waals surface area contributed by atoms with Gasteiger partial charge in [-0.25, -0.2) is 17.8 Å². The van der Waals surface area contributed by atoms with Gasteiger partial charge in [0.2, 0.25) is 0 Å². The van der Waals surface area contributed by atoms with Crippen molar-refractivity contribution >= 4 is 23.5 Å². The molecule has 0 radical (unpaired) electrons. The maximum Gasteiger partial charge on any atom is 1.00 e. The van der Waals surface area contributed by atoms with E-state index < -0.39 is 65.6 Å². The van der Waals surface area contributed by atoms with Gasteiger partial charge in [-0.1, -0.05) is 0 Å². The fourth-order valence-corrected chi connectivity index (χ4v) is 5.07. The number of aromatic amines is 1. The Kier molecular flexibility index (Phi) is 15.3. The molecule has 2 rings (SSSR count). The third-order valence-electron chi connectivity index (χ3n) is 3.32. The Bertz CT molecular complexity index is 1060. The van der Waals surface area contributed by atoms with Crippen molar-refractivity contribution in [2.75, 3.05) is 6.61 Å². The maximum atomic E-state index is 14.8. The standard InChI is InChI=1S/C9H14FN2O15P3.3Na/c10-9(3-24-29(20,21)27-30(22,23)26-28(17,18)19)6(15)5(14)7(25-9)12-2-1-4(13)11-8(12)16;;;/h1-2,5-7,14-15H,3H2,(H,20,21)(H,22,23)(H,11,13,16)(H2,17,18,19);;;/q;3*+1/p-3/t5-,6?,7+,9+;;;/m0.../s1. The van der Waals surface area contributed by atoms with Crippen molar-refractivity contribution in [2.45, 2.75) is 24.3 Å². The summed E-state index contributed by atoms with van der Waals surface area (Å²) in [7, 11) is -18.3. The fraction of sp³-hybridized carbons (Fsp3) is 0.556. The van der Waals surface area contributed by atoms with Crippen molar-refractivity contribution < 1.29 is 154 Å². The summed E-state index contributed by atoms with van der Waals surface area (Å²) in [5.74, 6) is -3.57. The molecule has 0 aromatic carbocycles. The first-order valence-electron chi connectivity index (χ1n) is 7.22. The number of H-pyrrole nitrogens is 1. The van der Waals surface area contributed by atoms with Crippen molar-refractivity contribution in [3.63, 3.8) is 0 Å². The number of aliphatic hydroxyl groups is 2. The smallest absolute Gasteiger partial charge is 0.756 e. The van der Waals surface area contributed by atoms with E-state index in [1.165, 1.54) is 0 Å². The number of aromatic nitrogens is 2. The quantitative estimate of drug-likeness (QED) is 0.167. The van der Waals surface area contributed by atoms with Crippen LogP contribution >= 0.6 is 23.5 Å². The fourth-order valence-electron chi connectivity index (χ4n) is 2.17. The predicted octanol–water partition coefficient (Wildman–Crippen LogP) is -13.1. The number of nitrogens with zero attached hydrogens (tertiary/aromatic N) is 1. The zero-order valence-electron chi connectivity index (χ0n) is 17.0. The normalized spacial score (nSPS) is 29.8. The van der Waals surface area contributed by atoms with E-state index in [4.69, 9.17) is 4.89 Å². The summed E-state index contributed by atoms with van der Waals surface area (Å²) < 4.78 is 62.8. The number of ether oxygens (including phenoxy) is 1. The number of hydrogen-bond donors (Lipinski definition) is 4. The molecular weight excluding hydrogens is 557 g/mol. The number of nitrogens with one attached hydrogen (secondary N) is 1. The van der Waals surface area contributed by atoms with Crippen LogP contribution in [0.3, 0.4) is 0 Å². The summed E-state index contributed by atoms with van der Waals surface area (Å²) in [4.78, 5) is 65.6. The molecule has 172 valence electrons. The van der Waals surface area contributed by atoms with Crippen LogP contribution in [0.25, 0.3) is 0 Å². The number of phosphoric ester groups is 1. The molecule has 1 aromatic rings. The van der Waals surface area contributed by atoms with E-state index in [0.717, 1.165) is 12.3 Å². The molecule has 0 bridgehead atoms. The molecule has 33 heavy (non-hydrogen) atoms. The largest absolute Gasteiger partial charge is 1.00 e. The number of alkyl halides is 1. The molecule has 0 amide bonds. The minimum absolute atomic E-state index is 0. The van der Waals surface area contributed by atoms with Crippen LogP contribution in [0.2, 0.25) is 0 Å². The van der Waals surface area contributed by atoms with Crippen molar-refractivity contribution in [1.29, 1.82) is 0 Å². The molecule has 0 saturated carbocycles. The molecule has 1 fully saturated rings. The minimum Gasteiger partial charge on any atom is -0.756 e. The molecule has 24 heteroatoms. The summed E-state index contributed by atoms with van der Waals surface area (Å²) in [6.45, 7) is -1.85. The number of phosphoric acid groups is 3. The second-order valence-corrected chi connectivity index (χ2v) is 9.84. The molecule has 2 heterocycles. The Labute approximate surface area is 248 Å². The molecule has 0 aliphatic carbocycles. The summed E-state index contributed by atoms with van der Waals surface area (Å²) in [6.07, 6.45) is -5.99. The van der Waals surface area contributed by atoms with Gasteiger partial charge in [0.15, 0.2) is 6.23 Å². The van der Waals surface area contributed by atoms with E-state index >= 15 is 0 Å². The van der Waals surface area contributed by atoms with Crippen LogP contribution in [-0.4, -0.2) is 49.3 Å². The van der Waals surface area contributed by atoms with Crippen LogP contribution in [-0.2, 0) is 31.6 Å². The van der Waals surface area contributed by atoms with E-state index in [-0.39, 0.29) is 88.7 Å². The second kappa shape index (κ2) is 13.6. The van der Waals surface area contributed by atoms with Gasteiger partial charge in [0.25, 0.3) is 34.9 Å². The average Bonchev–Trinajstić information content (AvgIpc) is 2.75. The van der Waals surface area contributed by atoms with E-state index in [2.05, 4.69) is 17.9 Å². The summed E-state index contributed by atoms with van der Waals surface area (Å²) >= 11 is 0. The molecule has 7 atom stereocenters. The van der Waals surface area contributed by atoms with Crippen LogP contribution in [0, 0.1) is 0 Å². The Hall–Kier alpha value is 1.90. The molecule has 1 aliphatic rings. The van der Waals surface area contributed by atoms with E-state index in [9.17, 15) is 52.6 Å². The Morgan fingerprint density at radius 1 is 1.12 bits per heavy atom. The van der Waals surface area contributed by atoms with Gasteiger partial charge >= 0.3 is 94.4 Å². The topological polar surface area (TPSA) is 273 Å². The summed E-state index contributed by atoms with van der Waals surface area (Å²) in [6, 6.07) is 0.778. The van der Waals surface area contributed by atoms with Crippen molar-refractivity contribution in [2.24, 2.45) is 0 Å². The van der Waals surface area contributed by atoms with Gasteiger partial charge in [0.05, 0.1) is 0 Å². The first-order valence-corrected chi connectivity index (χ1v) is 11.6. The Balaban J connectivity index is 0. The summed E-state index contributed by atoms with van der Waals surface area (Å²) in [5.41, 5.74) is -2.06. The second-order valence-electron chi connectivity index (χ2n) is 5.55. The zero-order valence-corrected chi connectivity index (χ0v) is 25.7. The molecule has 17 nitrogen and oxygen atoms in total. The zero-order chi connectivity index (χ0) is 23.1. The van der Waals surface area contributed by atoms with E-state index in [1.807, 2.05) is 0 Å². The molecule has 0 spiro atoms. The molecule has 4 N–H and O–H groups in total. The molecule has 1 aliphatic heterocycles. The third-order valence-corrected chi connectivity index (χ3v) is 6.99. The maximum absolute atomic E-state index is 14.8.